The molecule has 0 aliphatic heterocycles. The summed E-state index contributed by atoms with van der Waals surface area (Å²) in [4.78, 5) is 21.7. The summed E-state index contributed by atoms with van der Waals surface area (Å²) < 4.78 is 0. The number of hydrogen-bond donors (Lipinski definition) is 2. The molecule has 1 aromatic rings. The number of aliphatic hydroxyl groups excluding tert-OH is 1. The molecule has 94 valence electrons. The summed E-state index contributed by atoms with van der Waals surface area (Å²) in [7, 11) is 1.74. The summed E-state index contributed by atoms with van der Waals surface area (Å²) in [5.74, 6) is 0.469. The van der Waals surface area contributed by atoms with Gasteiger partial charge in [0.05, 0.1) is 12.4 Å². The van der Waals surface area contributed by atoms with Crippen LogP contribution in [0.2, 0.25) is 0 Å². The minimum absolute atomic E-state index is 0.0775. The zero-order valence-corrected chi connectivity index (χ0v) is 10.2. The average molecular weight is 238 g/mol. The molecule has 0 saturated carbocycles. The van der Waals surface area contributed by atoms with E-state index in [0.717, 1.165) is 0 Å². The number of hydrogen-bond acceptors (Lipinski definition) is 5. The Bertz CT molecular complexity index is 353. The lowest BCUT2D eigenvalue weighted by atomic mass is 10.3. The number of nitrogens with zero attached hydrogens (tertiary/aromatic N) is 3. The third kappa shape index (κ3) is 3.67. The van der Waals surface area contributed by atoms with Gasteiger partial charge in [-0.15, -0.1) is 0 Å². The van der Waals surface area contributed by atoms with Gasteiger partial charge in [-0.3, -0.25) is 4.79 Å². The highest BCUT2D eigenvalue weighted by molar-refractivity contribution is 5.92. The molecule has 0 fully saturated rings. The van der Waals surface area contributed by atoms with Crippen LogP contribution in [0.5, 0.6) is 0 Å². The second-order valence-corrected chi connectivity index (χ2v) is 3.50. The maximum atomic E-state index is 12.0. The van der Waals surface area contributed by atoms with Gasteiger partial charge in [0.15, 0.2) is 0 Å². The number of carbonyl (C=O) groups is 1. The average Bonchev–Trinajstić information content (AvgIpc) is 2.39. The van der Waals surface area contributed by atoms with Crippen LogP contribution in [0.4, 0.5) is 5.82 Å². The van der Waals surface area contributed by atoms with Gasteiger partial charge in [-0.05, 0) is 13.3 Å². The molecule has 6 nitrogen and oxygen atoms in total. The minimum atomic E-state index is -0.156. The van der Waals surface area contributed by atoms with E-state index in [1.54, 1.807) is 11.9 Å². The predicted molar refractivity (Wildman–Crippen MR) is 64.9 cm³/mol. The number of nitrogens with one attached hydrogen (secondary N) is 1. The summed E-state index contributed by atoms with van der Waals surface area (Å²) in [5, 5.41) is 11.6. The number of aromatic nitrogens is 2. The van der Waals surface area contributed by atoms with Crippen LogP contribution >= 0.6 is 0 Å². The third-order valence-electron chi connectivity index (χ3n) is 2.38. The van der Waals surface area contributed by atoms with Gasteiger partial charge in [0, 0.05) is 26.7 Å². The Kier molecular flexibility index (Phi) is 5.35. The Hall–Kier alpha value is -1.69. The van der Waals surface area contributed by atoms with Gasteiger partial charge in [-0.25, -0.2) is 9.97 Å². The smallest absolute Gasteiger partial charge is 0.274 e. The van der Waals surface area contributed by atoms with Crippen LogP contribution in [0.15, 0.2) is 12.4 Å². The van der Waals surface area contributed by atoms with E-state index in [4.69, 9.17) is 5.11 Å². The fraction of sp³-hybridized carbons (Fsp3) is 0.545. The largest absolute Gasteiger partial charge is 0.396 e. The molecule has 0 bridgehead atoms. The first-order chi connectivity index (χ1) is 8.22. The number of aliphatic hydroxyl groups is 1. The molecule has 17 heavy (non-hydrogen) atoms. The molecular formula is C11H18N4O2. The fourth-order valence-electron chi connectivity index (χ4n) is 1.39. The molecule has 0 spiro atoms. The molecule has 1 heterocycles. The lowest BCUT2D eigenvalue weighted by Gasteiger charge is -2.19. The molecule has 0 aliphatic carbocycles. The van der Waals surface area contributed by atoms with Gasteiger partial charge in [-0.2, -0.15) is 0 Å². The molecule has 1 aromatic heterocycles. The van der Waals surface area contributed by atoms with Crippen LogP contribution in [-0.4, -0.2) is 52.6 Å². The highest BCUT2D eigenvalue weighted by atomic mass is 16.3. The van der Waals surface area contributed by atoms with Crippen LogP contribution < -0.4 is 5.32 Å². The van der Waals surface area contributed by atoms with Crippen LogP contribution in [0.1, 0.15) is 23.8 Å². The quantitative estimate of drug-likeness (QED) is 0.748. The number of rotatable bonds is 6. The number of anilines is 1. The number of amides is 1. The van der Waals surface area contributed by atoms with E-state index in [9.17, 15) is 4.79 Å². The van der Waals surface area contributed by atoms with Crippen LogP contribution in [0.25, 0.3) is 0 Å². The summed E-state index contributed by atoms with van der Waals surface area (Å²) in [6, 6.07) is 0. The summed E-state index contributed by atoms with van der Waals surface area (Å²) in [5.41, 5.74) is 0.323. The molecule has 0 radical (unpaired) electrons. The normalized spacial score (nSPS) is 10.1. The van der Waals surface area contributed by atoms with Crippen molar-refractivity contribution in [2.75, 3.05) is 32.1 Å². The van der Waals surface area contributed by atoms with Gasteiger partial charge in [0.25, 0.3) is 5.91 Å². The molecule has 1 rings (SSSR count). The van der Waals surface area contributed by atoms with Crippen molar-refractivity contribution >= 4 is 11.7 Å². The van der Waals surface area contributed by atoms with Crippen molar-refractivity contribution in [2.24, 2.45) is 0 Å². The van der Waals surface area contributed by atoms with Crippen LogP contribution in [-0.2, 0) is 0 Å². The van der Waals surface area contributed by atoms with Crippen molar-refractivity contribution in [2.45, 2.75) is 13.3 Å². The third-order valence-corrected chi connectivity index (χ3v) is 2.38. The van der Waals surface area contributed by atoms with Gasteiger partial charge in [0.1, 0.15) is 11.5 Å². The van der Waals surface area contributed by atoms with Gasteiger partial charge in [0.2, 0.25) is 0 Å². The molecule has 0 saturated heterocycles. The van der Waals surface area contributed by atoms with Gasteiger partial charge < -0.3 is 15.3 Å². The Morgan fingerprint density at radius 2 is 2.24 bits per heavy atom. The molecule has 2 N–H and O–H groups in total. The van der Waals surface area contributed by atoms with Crippen LogP contribution in [0, 0.1) is 0 Å². The Labute approximate surface area is 101 Å². The predicted octanol–water partition coefficient (Wildman–Crippen LogP) is 0.363. The maximum Gasteiger partial charge on any atom is 0.274 e. The monoisotopic (exact) mass is 238 g/mol. The lowest BCUT2D eigenvalue weighted by molar-refractivity contribution is 0.0748. The zero-order chi connectivity index (χ0) is 12.7. The molecule has 0 aromatic carbocycles. The number of carbonyl (C=O) groups excluding carboxylic acids is 1. The Morgan fingerprint density at radius 3 is 2.71 bits per heavy atom. The van der Waals surface area contributed by atoms with Crippen LogP contribution in [0.3, 0.4) is 0 Å². The maximum absolute atomic E-state index is 12.0. The van der Waals surface area contributed by atoms with Crippen molar-refractivity contribution in [1.29, 1.82) is 0 Å². The van der Waals surface area contributed by atoms with Crippen molar-refractivity contribution in [3.8, 4) is 0 Å². The van der Waals surface area contributed by atoms with Crippen molar-refractivity contribution in [3.63, 3.8) is 0 Å². The van der Waals surface area contributed by atoms with E-state index in [1.807, 2.05) is 6.92 Å². The van der Waals surface area contributed by atoms with Gasteiger partial charge >= 0.3 is 0 Å². The van der Waals surface area contributed by atoms with Gasteiger partial charge in [-0.1, -0.05) is 0 Å². The second-order valence-electron chi connectivity index (χ2n) is 3.50. The summed E-state index contributed by atoms with van der Waals surface area (Å²) in [6.45, 7) is 3.09. The van der Waals surface area contributed by atoms with E-state index in [2.05, 4.69) is 15.3 Å². The molecule has 6 heteroatoms. The van der Waals surface area contributed by atoms with E-state index in [-0.39, 0.29) is 12.5 Å². The second kappa shape index (κ2) is 6.80. The van der Waals surface area contributed by atoms with E-state index in [0.29, 0.717) is 31.0 Å². The Morgan fingerprint density at radius 1 is 1.47 bits per heavy atom. The Balaban J connectivity index is 2.71. The molecular weight excluding hydrogens is 220 g/mol. The molecule has 0 atom stereocenters. The fourth-order valence-corrected chi connectivity index (χ4v) is 1.39. The van der Waals surface area contributed by atoms with E-state index >= 15 is 0 Å². The lowest BCUT2D eigenvalue weighted by Crippen LogP contribution is -2.32. The summed E-state index contributed by atoms with van der Waals surface area (Å²) in [6.07, 6.45) is 3.55. The summed E-state index contributed by atoms with van der Waals surface area (Å²) >= 11 is 0. The van der Waals surface area contributed by atoms with Crippen molar-refractivity contribution < 1.29 is 9.90 Å². The molecule has 0 unspecified atom stereocenters. The standard InChI is InChI=1S/C11H18N4O2/c1-3-15(5-4-6-16)11(17)9-7-14-10(12-2)8-13-9/h7-8,16H,3-6H2,1-2H3,(H,12,14). The SMILES string of the molecule is CCN(CCCO)C(=O)c1cnc(NC)cn1. The van der Waals surface area contributed by atoms with Crippen molar-refractivity contribution in [3.05, 3.63) is 18.1 Å². The molecule has 0 aliphatic rings. The van der Waals surface area contributed by atoms with E-state index in [1.165, 1.54) is 12.4 Å². The van der Waals surface area contributed by atoms with E-state index < -0.39 is 0 Å². The first-order valence-electron chi connectivity index (χ1n) is 5.62. The first kappa shape index (κ1) is 13.4. The topological polar surface area (TPSA) is 78.3 Å². The molecule has 1 amide bonds. The highest BCUT2D eigenvalue weighted by Gasteiger charge is 2.15. The minimum Gasteiger partial charge on any atom is -0.396 e. The van der Waals surface area contributed by atoms with Crippen molar-refractivity contribution in [1.82, 2.24) is 14.9 Å². The first-order valence-corrected chi connectivity index (χ1v) is 5.62. The highest BCUT2D eigenvalue weighted by Crippen LogP contribution is 2.04. The zero-order valence-electron chi connectivity index (χ0n) is 10.2.